The zero-order valence-corrected chi connectivity index (χ0v) is 27.4. The van der Waals surface area contributed by atoms with Gasteiger partial charge in [-0.3, -0.25) is 0 Å². The highest BCUT2D eigenvalue weighted by atomic mass is 35.5. The minimum atomic E-state index is -0.909. The predicted octanol–water partition coefficient (Wildman–Crippen LogP) is 8.08. The summed E-state index contributed by atoms with van der Waals surface area (Å²) in [5.74, 6) is 1.85. The van der Waals surface area contributed by atoms with Gasteiger partial charge in [0.05, 0.1) is 12.2 Å². The largest absolute Gasteiger partial charge is 0.616 e. The molecule has 0 fully saturated rings. The summed E-state index contributed by atoms with van der Waals surface area (Å²) in [5.41, 5.74) is 4.83. The number of anilines is 1. The second-order valence-electron chi connectivity index (χ2n) is 12.1. The van der Waals surface area contributed by atoms with E-state index in [0.29, 0.717) is 40.2 Å². The first-order chi connectivity index (χ1) is 19.5. The number of carbonyl (C=O) groups excluding carboxylic acids is 1. The Bertz CT molecular complexity index is 1240. The lowest BCUT2D eigenvalue weighted by Crippen LogP contribution is -2.33. The van der Waals surface area contributed by atoms with Crippen molar-refractivity contribution in [3.63, 3.8) is 0 Å². The van der Waals surface area contributed by atoms with Gasteiger partial charge in [-0.15, -0.1) is 9.73 Å². The van der Waals surface area contributed by atoms with Crippen molar-refractivity contribution >= 4 is 40.1 Å². The third kappa shape index (κ3) is 9.93. The van der Waals surface area contributed by atoms with Crippen molar-refractivity contribution in [1.29, 1.82) is 0 Å². The van der Waals surface area contributed by atoms with E-state index in [1.807, 2.05) is 26.0 Å². The van der Waals surface area contributed by atoms with Crippen molar-refractivity contribution in [2.24, 2.45) is 0 Å². The summed E-state index contributed by atoms with van der Waals surface area (Å²) in [5, 5.41) is 15.5. The number of hydrogen-bond acceptors (Lipinski definition) is 4. The lowest BCUT2D eigenvalue weighted by Gasteiger charge is -2.15. The summed E-state index contributed by atoms with van der Waals surface area (Å²) in [4.78, 5) is 15.8. The van der Waals surface area contributed by atoms with Gasteiger partial charge in [-0.1, -0.05) is 102 Å². The molecule has 3 N–H and O–H groups in total. The van der Waals surface area contributed by atoms with Crippen LogP contribution in [0.1, 0.15) is 109 Å². The second-order valence-corrected chi connectivity index (χ2v) is 14.2. The third-order valence-corrected chi connectivity index (χ3v) is 9.08. The number of hydrogen-bond donors (Lipinski definition) is 3. The highest BCUT2D eigenvalue weighted by molar-refractivity contribution is 7.91. The van der Waals surface area contributed by atoms with Crippen molar-refractivity contribution in [3.05, 3.63) is 34.0 Å². The van der Waals surface area contributed by atoms with Crippen LogP contribution in [0.5, 0.6) is 0 Å². The summed E-state index contributed by atoms with van der Waals surface area (Å²) < 4.78 is 13.9. The first kappa shape index (κ1) is 33.3. The first-order valence-corrected chi connectivity index (χ1v) is 17.0. The van der Waals surface area contributed by atoms with Crippen LogP contribution in [0.15, 0.2) is 12.1 Å². The fourth-order valence-electron chi connectivity index (χ4n) is 5.10. The summed E-state index contributed by atoms with van der Waals surface area (Å²) in [7, 11) is 0. The number of amides is 2. The van der Waals surface area contributed by atoms with E-state index in [4.69, 9.17) is 11.6 Å². The summed E-state index contributed by atoms with van der Waals surface area (Å²) in [6.07, 6.45) is 12.7. The molecule has 0 saturated carbocycles. The molecule has 2 amide bonds. The Kier molecular flexibility index (Phi) is 12.9. The van der Waals surface area contributed by atoms with E-state index in [9.17, 15) is 9.35 Å². The Hall–Kier alpha value is -2.23. The number of nitrogens with one attached hydrogen (secondary N) is 3. The van der Waals surface area contributed by atoms with Crippen molar-refractivity contribution in [3.8, 4) is 11.4 Å². The Balaban J connectivity index is 1.40. The number of benzene rings is 1. The van der Waals surface area contributed by atoms with Crippen LogP contribution in [0.3, 0.4) is 0 Å². The number of aromatic nitrogens is 4. The van der Waals surface area contributed by atoms with Gasteiger partial charge in [0.15, 0.2) is 11.5 Å². The van der Waals surface area contributed by atoms with Crippen molar-refractivity contribution < 1.29 is 9.35 Å². The van der Waals surface area contributed by atoms with E-state index in [2.05, 4.69) is 53.5 Å². The normalized spacial score (nSPS) is 12.7. The number of aromatic amines is 1. The first-order valence-electron chi connectivity index (χ1n) is 15.2. The molecule has 228 valence electrons. The molecular weight excluding hydrogens is 556 g/mol. The average molecular weight is 605 g/mol. The SMILES string of the molecule is CCCCCCCCCCCC[S+]([O-])CCNC(=O)Nc1cc(C)c(-c2nn3nc(C(C)(C)C)c(Cl)c3[nH]2)c(C)c1. The molecule has 1 atom stereocenters. The van der Waals surface area contributed by atoms with Crippen LogP contribution >= 0.6 is 11.6 Å². The predicted molar refractivity (Wildman–Crippen MR) is 173 cm³/mol. The lowest BCUT2D eigenvalue weighted by atomic mass is 9.92. The number of carbonyl (C=O) groups is 1. The highest BCUT2D eigenvalue weighted by Crippen LogP contribution is 2.33. The van der Waals surface area contributed by atoms with Crippen LogP contribution in [0.4, 0.5) is 10.5 Å². The molecule has 0 aliphatic heterocycles. The maximum absolute atomic E-state index is 12.5. The molecular formula is C31H49ClN6O2S. The topological polar surface area (TPSA) is 110 Å². The maximum Gasteiger partial charge on any atom is 0.319 e. The third-order valence-electron chi connectivity index (χ3n) is 7.32. The molecule has 10 heteroatoms. The molecule has 0 bridgehead atoms. The van der Waals surface area contributed by atoms with Crippen LogP contribution in [0.2, 0.25) is 5.02 Å². The van der Waals surface area contributed by atoms with Crippen LogP contribution < -0.4 is 10.6 Å². The van der Waals surface area contributed by atoms with E-state index >= 15 is 0 Å². The summed E-state index contributed by atoms with van der Waals surface area (Å²) >= 11 is 5.69. The molecule has 0 radical (unpaired) electrons. The van der Waals surface area contributed by atoms with E-state index in [1.54, 1.807) is 4.63 Å². The van der Waals surface area contributed by atoms with Gasteiger partial charge >= 0.3 is 6.03 Å². The zero-order valence-electron chi connectivity index (χ0n) is 25.8. The fourth-order valence-corrected chi connectivity index (χ4v) is 6.61. The number of aryl methyl sites for hydroxylation is 2. The molecule has 3 rings (SSSR count). The summed E-state index contributed by atoms with van der Waals surface area (Å²) in [6.45, 7) is 12.8. The second kappa shape index (κ2) is 15.8. The number of unbranched alkanes of at least 4 members (excludes halogenated alkanes) is 9. The van der Waals surface area contributed by atoms with Crippen LogP contribution in [0.25, 0.3) is 17.0 Å². The van der Waals surface area contributed by atoms with Gasteiger partial charge in [0.1, 0.15) is 16.5 Å². The zero-order chi connectivity index (χ0) is 30.0. The smallest absolute Gasteiger partial charge is 0.319 e. The number of nitrogens with zero attached hydrogens (tertiary/aromatic N) is 3. The van der Waals surface area contributed by atoms with Crippen molar-refractivity contribution in [2.75, 3.05) is 23.4 Å². The van der Waals surface area contributed by atoms with Gasteiger partial charge in [0, 0.05) is 16.7 Å². The maximum atomic E-state index is 12.5. The molecule has 41 heavy (non-hydrogen) atoms. The Morgan fingerprint density at radius 2 is 1.56 bits per heavy atom. The van der Waals surface area contributed by atoms with E-state index in [1.165, 1.54) is 51.4 Å². The molecule has 8 nitrogen and oxygen atoms in total. The number of halogens is 1. The molecule has 0 saturated heterocycles. The Morgan fingerprint density at radius 1 is 0.976 bits per heavy atom. The quantitative estimate of drug-likeness (QED) is 0.113. The molecule has 1 aromatic carbocycles. The van der Waals surface area contributed by atoms with Crippen LogP contribution in [0, 0.1) is 13.8 Å². The van der Waals surface area contributed by atoms with Gasteiger partial charge in [-0.05, 0) is 49.9 Å². The van der Waals surface area contributed by atoms with Gasteiger partial charge in [0.25, 0.3) is 0 Å². The Morgan fingerprint density at radius 3 is 2.12 bits per heavy atom. The van der Waals surface area contributed by atoms with Gasteiger partial charge in [-0.2, -0.15) is 5.10 Å². The molecule has 3 aromatic rings. The molecule has 1 unspecified atom stereocenters. The van der Waals surface area contributed by atoms with Gasteiger partial charge in [0.2, 0.25) is 0 Å². The van der Waals surface area contributed by atoms with Crippen molar-refractivity contribution in [2.45, 2.75) is 111 Å². The van der Waals surface area contributed by atoms with Gasteiger partial charge in [-0.25, -0.2) is 4.79 Å². The number of H-pyrrole nitrogens is 1. The highest BCUT2D eigenvalue weighted by Gasteiger charge is 2.25. The monoisotopic (exact) mass is 604 g/mol. The number of fused-ring (bicyclic) bond motifs is 1. The molecule has 0 spiro atoms. The molecule has 2 heterocycles. The van der Waals surface area contributed by atoms with E-state index < -0.39 is 11.2 Å². The van der Waals surface area contributed by atoms with Crippen molar-refractivity contribution in [1.82, 2.24) is 25.1 Å². The molecule has 0 aliphatic rings. The minimum absolute atomic E-state index is 0.187. The molecule has 0 aliphatic carbocycles. The van der Waals surface area contributed by atoms with Crippen LogP contribution in [-0.4, -0.2) is 48.4 Å². The minimum Gasteiger partial charge on any atom is -0.616 e. The van der Waals surface area contributed by atoms with Gasteiger partial charge < -0.3 is 20.2 Å². The Labute approximate surface area is 254 Å². The standard InChI is InChI=1S/C31H49ClN6O2S/c1-7-8-9-10-11-12-13-14-15-16-18-41(40)19-17-33-30(39)34-24-20-22(2)25(23(3)21-24)28-35-29-26(32)27(31(4,5)6)36-38(29)37-28/h20-21H,7-19H2,1-6H3,(H,35,37)(H2,33,34,39). The number of rotatable bonds is 16. The lowest BCUT2D eigenvalue weighted by molar-refractivity contribution is 0.252. The van der Waals surface area contributed by atoms with E-state index in [0.717, 1.165) is 35.2 Å². The average Bonchev–Trinajstić information content (AvgIpc) is 3.43. The fraction of sp³-hybridized carbons (Fsp3) is 0.645. The van der Waals surface area contributed by atoms with E-state index in [-0.39, 0.29) is 11.4 Å². The molecule has 2 aromatic heterocycles. The summed E-state index contributed by atoms with van der Waals surface area (Å²) in [6, 6.07) is 3.53. The van der Waals surface area contributed by atoms with Crippen LogP contribution in [-0.2, 0) is 16.6 Å². The number of urea groups is 1.